The number of hydrogen-bond acceptors (Lipinski definition) is 3. The van der Waals surface area contributed by atoms with Gasteiger partial charge in [-0.25, -0.2) is 21.9 Å². The van der Waals surface area contributed by atoms with Gasteiger partial charge in [-0.15, -0.1) is 0 Å². The van der Waals surface area contributed by atoms with E-state index in [1.165, 1.54) is 31.4 Å². The Hall–Kier alpha value is -1.99. The van der Waals surface area contributed by atoms with E-state index in [1.54, 1.807) is 0 Å². The highest BCUT2D eigenvalue weighted by molar-refractivity contribution is 7.89. The van der Waals surface area contributed by atoms with E-state index in [-0.39, 0.29) is 6.54 Å². The molecule has 0 unspecified atom stereocenters. The quantitative estimate of drug-likeness (QED) is 0.809. The lowest BCUT2D eigenvalue weighted by atomic mass is 10.1. The number of halogens is 2. The Balaban J connectivity index is 1.57. The summed E-state index contributed by atoms with van der Waals surface area (Å²) in [5.41, 5.74) is 2.17. The maximum Gasteiger partial charge on any atom is 0.243 e. The Kier molecular flexibility index (Phi) is 6.44. The molecule has 2 aromatic rings. The fraction of sp³-hybridized carbons (Fsp3) is 0.400. The molecule has 0 saturated carbocycles. The van der Waals surface area contributed by atoms with E-state index in [1.807, 2.05) is 12.1 Å². The molecule has 3 rings (SSSR count). The van der Waals surface area contributed by atoms with Gasteiger partial charge in [0, 0.05) is 25.3 Å². The normalized spacial score (nSPS) is 15.6. The van der Waals surface area contributed by atoms with E-state index >= 15 is 0 Å². The van der Waals surface area contributed by atoms with Crippen LogP contribution in [0.2, 0.25) is 0 Å². The van der Waals surface area contributed by atoms with Crippen molar-refractivity contribution < 1.29 is 17.2 Å². The molecule has 1 heterocycles. The largest absolute Gasteiger partial charge is 0.372 e. The molecule has 1 N–H and O–H groups in total. The highest BCUT2D eigenvalue weighted by Gasteiger charge is 2.19. The molecule has 0 spiro atoms. The summed E-state index contributed by atoms with van der Waals surface area (Å²) in [4.78, 5) is 1.71. The molecule has 27 heavy (non-hydrogen) atoms. The van der Waals surface area contributed by atoms with Crippen LogP contribution in [0.5, 0.6) is 0 Å². The first kappa shape index (κ1) is 19.8. The first-order valence-electron chi connectivity index (χ1n) is 9.24. The molecule has 0 aliphatic carbocycles. The minimum Gasteiger partial charge on any atom is -0.372 e. The average Bonchev–Trinajstić information content (AvgIpc) is 2.93. The molecule has 0 radical (unpaired) electrons. The van der Waals surface area contributed by atoms with Gasteiger partial charge in [-0.05, 0) is 55.2 Å². The van der Waals surface area contributed by atoms with Gasteiger partial charge in [0.2, 0.25) is 10.0 Å². The molecule has 146 valence electrons. The van der Waals surface area contributed by atoms with Crippen LogP contribution in [-0.2, 0) is 16.4 Å². The van der Waals surface area contributed by atoms with E-state index in [0.717, 1.165) is 30.8 Å². The van der Waals surface area contributed by atoms with Crippen molar-refractivity contribution in [3.05, 3.63) is 59.7 Å². The summed E-state index contributed by atoms with van der Waals surface area (Å²) in [6.45, 7) is 2.25. The number of hydrogen-bond donors (Lipinski definition) is 1. The second kappa shape index (κ2) is 8.80. The molecular formula is C20H24F2N2O2S. The molecule has 0 amide bonds. The zero-order valence-electron chi connectivity index (χ0n) is 15.1. The second-order valence-corrected chi connectivity index (χ2v) is 8.53. The zero-order chi connectivity index (χ0) is 19.3. The van der Waals surface area contributed by atoms with Crippen LogP contribution < -0.4 is 9.62 Å². The van der Waals surface area contributed by atoms with Gasteiger partial charge in [-0.1, -0.05) is 25.0 Å². The number of nitrogens with one attached hydrogen (secondary N) is 1. The third kappa shape index (κ3) is 5.26. The van der Waals surface area contributed by atoms with Gasteiger partial charge in [0.05, 0.1) is 0 Å². The number of sulfonamides is 1. The van der Waals surface area contributed by atoms with Gasteiger partial charge in [0.1, 0.15) is 16.5 Å². The molecule has 0 aromatic heterocycles. The van der Waals surface area contributed by atoms with E-state index in [4.69, 9.17) is 0 Å². The molecule has 4 nitrogen and oxygen atoms in total. The Morgan fingerprint density at radius 3 is 2.26 bits per heavy atom. The van der Waals surface area contributed by atoms with Crippen molar-refractivity contribution in [2.75, 3.05) is 24.5 Å². The van der Waals surface area contributed by atoms with Crippen LogP contribution in [0.25, 0.3) is 0 Å². The smallest absolute Gasteiger partial charge is 0.243 e. The summed E-state index contributed by atoms with van der Waals surface area (Å²) in [5, 5.41) is 0. The lowest BCUT2D eigenvalue weighted by Crippen LogP contribution is -2.27. The van der Waals surface area contributed by atoms with E-state index in [9.17, 15) is 17.2 Å². The minimum absolute atomic E-state index is 0.112. The van der Waals surface area contributed by atoms with E-state index in [2.05, 4.69) is 21.8 Å². The fourth-order valence-electron chi connectivity index (χ4n) is 3.29. The van der Waals surface area contributed by atoms with Crippen molar-refractivity contribution >= 4 is 15.7 Å². The van der Waals surface area contributed by atoms with Crippen molar-refractivity contribution in [1.29, 1.82) is 0 Å². The zero-order valence-corrected chi connectivity index (χ0v) is 15.9. The van der Waals surface area contributed by atoms with Crippen molar-refractivity contribution in [2.45, 2.75) is 37.0 Å². The molecule has 1 fully saturated rings. The van der Waals surface area contributed by atoms with Gasteiger partial charge in [-0.2, -0.15) is 0 Å². The van der Waals surface area contributed by atoms with Gasteiger partial charge in [0.25, 0.3) is 0 Å². The van der Waals surface area contributed by atoms with Crippen LogP contribution in [-0.4, -0.2) is 28.1 Å². The number of benzene rings is 2. The molecule has 1 aliphatic heterocycles. The Labute approximate surface area is 159 Å². The summed E-state index contributed by atoms with van der Waals surface area (Å²) < 4.78 is 53.6. The van der Waals surface area contributed by atoms with Crippen molar-refractivity contribution in [3.63, 3.8) is 0 Å². The topological polar surface area (TPSA) is 49.4 Å². The van der Waals surface area contributed by atoms with E-state index in [0.29, 0.717) is 12.5 Å². The molecule has 0 bridgehead atoms. The van der Waals surface area contributed by atoms with Crippen molar-refractivity contribution in [1.82, 2.24) is 4.72 Å². The van der Waals surface area contributed by atoms with Gasteiger partial charge >= 0.3 is 0 Å². The number of nitrogens with zero attached hydrogens (tertiary/aromatic N) is 1. The lowest BCUT2D eigenvalue weighted by Gasteiger charge is -2.22. The third-order valence-corrected chi connectivity index (χ3v) is 6.27. The highest BCUT2D eigenvalue weighted by Crippen LogP contribution is 2.20. The van der Waals surface area contributed by atoms with Crippen LogP contribution in [0.4, 0.5) is 14.5 Å². The Morgan fingerprint density at radius 2 is 1.59 bits per heavy atom. The fourth-order valence-corrected chi connectivity index (χ4v) is 4.41. The van der Waals surface area contributed by atoms with Crippen LogP contribution in [0.3, 0.4) is 0 Å². The highest BCUT2D eigenvalue weighted by atomic mass is 32.2. The SMILES string of the molecule is O=S(=O)(NCCc1ccc(N2CCCCCC2)cc1)c1cc(F)ccc1F. The van der Waals surface area contributed by atoms with Crippen LogP contribution in [0, 0.1) is 11.6 Å². The van der Waals surface area contributed by atoms with Gasteiger partial charge in [-0.3, -0.25) is 0 Å². The molecular weight excluding hydrogens is 370 g/mol. The predicted molar refractivity (Wildman–Crippen MR) is 102 cm³/mol. The monoisotopic (exact) mass is 394 g/mol. The van der Waals surface area contributed by atoms with Gasteiger partial charge in [0.15, 0.2) is 0 Å². The number of rotatable bonds is 6. The van der Waals surface area contributed by atoms with Crippen molar-refractivity contribution in [2.24, 2.45) is 0 Å². The first-order valence-corrected chi connectivity index (χ1v) is 10.7. The summed E-state index contributed by atoms with van der Waals surface area (Å²) in [5.74, 6) is -1.76. The lowest BCUT2D eigenvalue weighted by molar-refractivity contribution is 0.546. The molecule has 1 saturated heterocycles. The number of anilines is 1. The summed E-state index contributed by atoms with van der Waals surface area (Å²) in [6, 6.07) is 10.5. The first-order chi connectivity index (χ1) is 13.0. The molecule has 7 heteroatoms. The van der Waals surface area contributed by atoms with Crippen LogP contribution in [0.15, 0.2) is 47.4 Å². The molecule has 1 aliphatic rings. The Morgan fingerprint density at radius 1 is 0.926 bits per heavy atom. The third-order valence-electron chi connectivity index (χ3n) is 4.80. The van der Waals surface area contributed by atoms with Crippen molar-refractivity contribution in [3.8, 4) is 0 Å². The second-order valence-electron chi connectivity index (χ2n) is 6.79. The maximum absolute atomic E-state index is 13.7. The van der Waals surface area contributed by atoms with Crippen LogP contribution >= 0.6 is 0 Å². The maximum atomic E-state index is 13.7. The van der Waals surface area contributed by atoms with E-state index < -0.39 is 26.6 Å². The van der Waals surface area contributed by atoms with Gasteiger partial charge < -0.3 is 4.90 Å². The Bertz CT molecular complexity index is 862. The summed E-state index contributed by atoms with van der Waals surface area (Å²) >= 11 is 0. The van der Waals surface area contributed by atoms with Crippen LogP contribution in [0.1, 0.15) is 31.2 Å². The standard InChI is InChI=1S/C20H24F2N2O2S/c21-17-7-10-19(22)20(15-17)27(25,26)23-12-11-16-5-8-18(9-6-16)24-13-3-1-2-4-14-24/h5-10,15,23H,1-4,11-14H2. The summed E-state index contributed by atoms with van der Waals surface area (Å²) in [6.07, 6.45) is 5.44. The molecule has 0 atom stereocenters. The minimum atomic E-state index is -4.09. The average molecular weight is 394 g/mol. The predicted octanol–water partition coefficient (Wildman–Crippen LogP) is 3.87. The summed E-state index contributed by atoms with van der Waals surface area (Å²) in [7, 11) is -4.09. The molecule has 2 aromatic carbocycles.